The molecule has 162 valence electrons. The van der Waals surface area contributed by atoms with Gasteiger partial charge < -0.3 is 14.8 Å². The second kappa shape index (κ2) is 9.88. The Bertz CT molecular complexity index is 1060. The zero-order valence-electron chi connectivity index (χ0n) is 17.6. The van der Waals surface area contributed by atoms with E-state index in [2.05, 4.69) is 10.4 Å². The van der Waals surface area contributed by atoms with Crippen molar-refractivity contribution < 1.29 is 23.5 Å². The Balaban J connectivity index is 1.92. The van der Waals surface area contributed by atoms with Crippen molar-refractivity contribution in [1.82, 2.24) is 15.1 Å². The number of esters is 1. The summed E-state index contributed by atoms with van der Waals surface area (Å²) in [5, 5.41) is 7.25. The molecule has 0 unspecified atom stereocenters. The molecule has 0 spiro atoms. The smallest absolute Gasteiger partial charge is 0.342 e. The number of amides is 1. The van der Waals surface area contributed by atoms with Gasteiger partial charge in [0.2, 0.25) is 0 Å². The van der Waals surface area contributed by atoms with Crippen molar-refractivity contribution in [2.24, 2.45) is 0 Å². The van der Waals surface area contributed by atoms with Gasteiger partial charge in [0.1, 0.15) is 22.8 Å². The van der Waals surface area contributed by atoms with E-state index in [0.29, 0.717) is 22.7 Å². The first-order valence-electron chi connectivity index (χ1n) is 9.87. The van der Waals surface area contributed by atoms with Crippen molar-refractivity contribution in [3.8, 4) is 22.7 Å². The van der Waals surface area contributed by atoms with Gasteiger partial charge in [-0.2, -0.15) is 5.10 Å². The summed E-state index contributed by atoms with van der Waals surface area (Å²) < 4.78 is 25.3. The van der Waals surface area contributed by atoms with Crippen molar-refractivity contribution in [3.05, 3.63) is 66.1 Å². The zero-order valence-corrected chi connectivity index (χ0v) is 17.6. The molecule has 31 heavy (non-hydrogen) atoms. The number of nitrogens with zero attached hydrogens (tertiary/aromatic N) is 2. The van der Waals surface area contributed by atoms with Crippen LogP contribution >= 0.6 is 0 Å². The summed E-state index contributed by atoms with van der Waals surface area (Å²) in [6.07, 6.45) is 2.26. The van der Waals surface area contributed by atoms with Crippen LogP contribution in [0.1, 0.15) is 30.6 Å². The molecule has 0 saturated carbocycles. The zero-order chi connectivity index (χ0) is 22.4. The van der Waals surface area contributed by atoms with Crippen LogP contribution in [0.25, 0.3) is 16.9 Å². The molecule has 0 aliphatic heterocycles. The normalized spacial score (nSPS) is 11.6. The summed E-state index contributed by atoms with van der Waals surface area (Å²) in [6, 6.07) is 12.8. The number of hydrogen-bond donors (Lipinski definition) is 1. The van der Waals surface area contributed by atoms with Gasteiger partial charge in [-0.1, -0.05) is 19.1 Å². The second-order valence-electron chi connectivity index (χ2n) is 7.00. The lowest BCUT2D eigenvalue weighted by molar-refractivity contribution is -0.124. The predicted octanol–water partition coefficient (Wildman–Crippen LogP) is 3.76. The van der Waals surface area contributed by atoms with E-state index in [1.807, 2.05) is 13.8 Å². The maximum Gasteiger partial charge on any atom is 0.342 e. The van der Waals surface area contributed by atoms with Crippen molar-refractivity contribution in [2.45, 2.75) is 26.3 Å². The quantitative estimate of drug-likeness (QED) is 0.556. The predicted molar refractivity (Wildman–Crippen MR) is 114 cm³/mol. The van der Waals surface area contributed by atoms with Crippen LogP contribution in [0.2, 0.25) is 0 Å². The number of hydrogen-bond acceptors (Lipinski definition) is 5. The van der Waals surface area contributed by atoms with Crippen LogP contribution in [0, 0.1) is 5.82 Å². The molecule has 3 rings (SSSR count). The second-order valence-corrected chi connectivity index (χ2v) is 7.00. The number of benzene rings is 2. The molecule has 1 aromatic heterocycles. The Labute approximate surface area is 179 Å². The first-order chi connectivity index (χ1) is 14.9. The summed E-state index contributed by atoms with van der Waals surface area (Å²) in [6.45, 7) is 3.41. The molecule has 3 aromatic rings. The van der Waals surface area contributed by atoms with Gasteiger partial charge >= 0.3 is 5.97 Å². The molecule has 1 amide bonds. The molecule has 0 fully saturated rings. The number of carbonyl (C=O) groups excluding carboxylic acids is 2. The number of aromatic nitrogens is 2. The Morgan fingerprint density at radius 3 is 2.61 bits per heavy atom. The molecule has 1 heterocycles. The van der Waals surface area contributed by atoms with Crippen LogP contribution in [0.4, 0.5) is 4.39 Å². The molecule has 0 bridgehead atoms. The van der Waals surface area contributed by atoms with Crippen molar-refractivity contribution >= 4 is 11.9 Å². The van der Waals surface area contributed by atoms with Gasteiger partial charge in [0, 0.05) is 17.8 Å². The number of halogens is 1. The lowest BCUT2D eigenvalue weighted by Gasteiger charge is -2.11. The lowest BCUT2D eigenvalue weighted by atomic mass is 10.1. The molecule has 1 atom stereocenters. The minimum absolute atomic E-state index is 0.0141. The fraction of sp³-hybridized carbons (Fsp3) is 0.261. The third-order valence-electron chi connectivity index (χ3n) is 4.72. The summed E-state index contributed by atoms with van der Waals surface area (Å²) in [5.74, 6) is -0.848. The van der Waals surface area contributed by atoms with E-state index >= 15 is 0 Å². The third-order valence-corrected chi connectivity index (χ3v) is 4.72. The molecule has 1 N–H and O–H groups in total. The summed E-state index contributed by atoms with van der Waals surface area (Å²) >= 11 is 0. The van der Waals surface area contributed by atoms with Gasteiger partial charge in [-0.25, -0.2) is 13.9 Å². The first-order valence-corrected chi connectivity index (χ1v) is 9.87. The van der Waals surface area contributed by atoms with Crippen LogP contribution < -0.4 is 10.1 Å². The highest BCUT2D eigenvalue weighted by molar-refractivity contribution is 5.97. The number of methoxy groups -OCH3 is 1. The first kappa shape index (κ1) is 22.0. The van der Waals surface area contributed by atoms with Gasteiger partial charge in [-0.3, -0.25) is 4.79 Å². The molecular weight excluding hydrogens is 401 g/mol. The molecule has 0 aliphatic rings. The lowest BCUT2D eigenvalue weighted by Crippen LogP contribution is -2.35. The average Bonchev–Trinajstić information content (AvgIpc) is 3.23. The Morgan fingerprint density at radius 1 is 1.19 bits per heavy atom. The van der Waals surface area contributed by atoms with E-state index in [4.69, 9.17) is 9.47 Å². The number of ether oxygens (including phenoxy) is 2. The maximum atomic E-state index is 13.3. The van der Waals surface area contributed by atoms with Crippen LogP contribution in [0.15, 0.2) is 54.7 Å². The standard InChI is InChI=1S/C23H24FN3O4/c1-4-15(2)25-21(28)14-31-23(29)20-13-27(18-10-8-17(24)9-11-18)26-22(20)16-6-5-7-19(12-16)30-3/h5-13,15H,4,14H2,1-3H3,(H,25,28)/t15-/m0/s1. The third kappa shape index (κ3) is 5.48. The summed E-state index contributed by atoms with van der Waals surface area (Å²) in [4.78, 5) is 24.8. The fourth-order valence-corrected chi connectivity index (χ4v) is 2.86. The van der Waals surface area contributed by atoms with Crippen molar-refractivity contribution in [1.29, 1.82) is 0 Å². The van der Waals surface area contributed by atoms with Crippen LogP contribution in [0.3, 0.4) is 0 Å². The number of nitrogens with one attached hydrogen (secondary N) is 1. The van der Waals surface area contributed by atoms with Gasteiger partial charge in [-0.15, -0.1) is 0 Å². The highest BCUT2D eigenvalue weighted by Gasteiger charge is 2.21. The Kier molecular flexibility index (Phi) is 7.02. The Hall–Kier alpha value is -3.68. The molecule has 7 nitrogen and oxygen atoms in total. The van der Waals surface area contributed by atoms with E-state index in [9.17, 15) is 14.0 Å². The minimum Gasteiger partial charge on any atom is -0.497 e. The highest BCUT2D eigenvalue weighted by atomic mass is 19.1. The van der Waals surface area contributed by atoms with Gasteiger partial charge in [0.15, 0.2) is 6.61 Å². The molecule has 8 heteroatoms. The number of carbonyl (C=O) groups is 2. The maximum absolute atomic E-state index is 13.3. The van der Waals surface area contributed by atoms with E-state index in [1.54, 1.807) is 43.5 Å². The largest absolute Gasteiger partial charge is 0.497 e. The van der Waals surface area contributed by atoms with Crippen LogP contribution in [-0.4, -0.2) is 41.4 Å². The van der Waals surface area contributed by atoms with Crippen LogP contribution in [-0.2, 0) is 9.53 Å². The summed E-state index contributed by atoms with van der Waals surface area (Å²) in [5.41, 5.74) is 1.74. The van der Waals surface area contributed by atoms with Gasteiger partial charge in [-0.05, 0) is 49.7 Å². The van der Waals surface area contributed by atoms with Crippen molar-refractivity contribution in [3.63, 3.8) is 0 Å². The Morgan fingerprint density at radius 2 is 1.94 bits per heavy atom. The van der Waals surface area contributed by atoms with E-state index < -0.39 is 12.6 Å². The van der Waals surface area contributed by atoms with E-state index in [1.165, 1.54) is 23.0 Å². The molecular formula is C23H24FN3O4. The topological polar surface area (TPSA) is 82.5 Å². The monoisotopic (exact) mass is 425 g/mol. The number of rotatable bonds is 8. The molecule has 0 saturated heterocycles. The molecule has 0 radical (unpaired) electrons. The van der Waals surface area contributed by atoms with Gasteiger partial charge in [0.05, 0.1) is 12.8 Å². The fourth-order valence-electron chi connectivity index (χ4n) is 2.86. The average molecular weight is 425 g/mol. The molecule has 2 aromatic carbocycles. The SMILES string of the molecule is CC[C@H](C)NC(=O)COC(=O)c1cn(-c2ccc(F)cc2)nc1-c1cccc(OC)c1. The van der Waals surface area contributed by atoms with Crippen molar-refractivity contribution in [2.75, 3.05) is 13.7 Å². The van der Waals surface area contributed by atoms with E-state index in [0.717, 1.165) is 6.42 Å². The van der Waals surface area contributed by atoms with Crippen LogP contribution in [0.5, 0.6) is 5.75 Å². The van der Waals surface area contributed by atoms with Gasteiger partial charge in [0.25, 0.3) is 5.91 Å². The molecule has 0 aliphatic carbocycles. The minimum atomic E-state index is -0.689. The van der Waals surface area contributed by atoms with E-state index in [-0.39, 0.29) is 23.3 Å². The highest BCUT2D eigenvalue weighted by Crippen LogP contribution is 2.27. The summed E-state index contributed by atoms with van der Waals surface area (Å²) in [7, 11) is 1.54.